The third kappa shape index (κ3) is 4.49. The van der Waals surface area contributed by atoms with Gasteiger partial charge >= 0.3 is 6.09 Å². The van der Waals surface area contributed by atoms with Crippen molar-refractivity contribution in [1.29, 1.82) is 0 Å². The summed E-state index contributed by atoms with van der Waals surface area (Å²) >= 11 is 0. The topological polar surface area (TPSA) is 38.3 Å². The van der Waals surface area contributed by atoms with Crippen LogP contribution in [-0.2, 0) is 11.3 Å². The molecule has 3 nitrogen and oxygen atoms in total. The largest absolute Gasteiger partial charge is 0.445 e. The molecule has 1 amide bonds. The number of carbonyl (C=O) groups excluding carboxylic acids is 1. The number of hydrogen-bond acceptors (Lipinski definition) is 2. The number of carbonyl (C=O) groups is 1. The predicted molar refractivity (Wildman–Crippen MR) is 59.5 cm³/mol. The third-order valence-electron chi connectivity index (χ3n) is 2.19. The Kier molecular flexibility index (Phi) is 4.68. The first kappa shape index (κ1) is 11.6. The van der Waals surface area contributed by atoms with Gasteiger partial charge in [0.2, 0.25) is 0 Å². The minimum Gasteiger partial charge on any atom is -0.445 e. The van der Waals surface area contributed by atoms with Crippen molar-refractivity contribution in [1.82, 2.24) is 5.32 Å². The smallest absolute Gasteiger partial charge is 0.407 e. The van der Waals surface area contributed by atoms with Crippen LogP contribution in [0.2, 0.25) is 0 Å². The van der Waals surface area contributed by atoms with E-state index in [0.29, 0.717) is 6.61 Å². The average molecular weight is 207 g/mol. The van der Waals surface area contributed by atoms with Crippen LogP contribution in [0.15, 0.2) is 30.3 Å². The van der Waals surface area contributed by atoms with Gasteiger partial charge in [0.1, 0.15) is 6.61 Å². The number of alkyl carbamates (subject to hydrolysis) is 1. The normalized spacial score (nSPS) is 11.9. The molecule has 0 saturated carbocycles. The van der Waals surface area contributed by atoms with E-state index in [0.717, 1.165) is 12.0 Å². The molecule has 0 aliphatic heterocycles. The molecule has 0 aliphatic rings. The molecule has 1 aromatic carbocycles. The van der Waals surface area contributed by atoms with E-state index in [1.807, 2.05) is 44.2 Å². The molecule has 1 N–H and O–H groups in total. The number of amides is 1. The molecule has 1 aromatic rings. The van der Waals surface area contributed by atoms with Gasteiger partial charge < -0.3 is 10.1 Å². The Bertz CT molecular complexity index is 298. The van der Waals surface area contributed by atoms with Gasteiger partial charge in [0.15, 0.2) is 0 Å². The number of nitrogens with one attached hydrogen (secondary N) is 1. The highest BCUT2D eigenvalue weighted by Gasteiger charge is 2.05. The molecule has 0 unspecified atom stereocenters. The van der Waals surface area contributed by atoms with Crippen molar-refractivity contribution in [3.63, 3.8) is 0 Å². The molecule has 0 bridgehead atoms. The van der Waals surface area contributed by atoms with Crippen molar-refractivity contribution in [3.8, 4) is 0 Å². The molecule has 3 heteroatoms. The fourth-order valence-electron chi connectivity index (χ4n) is 1.07. The van der Waals surface area contributed by atoms with Crippen molar-refractivity contribution in [3.05, 3.63) is 35.9 Å². The average Bonchev–Trinajstić information content (AvgIpc) is 2.27. The fraction of sp³-hybridized carbons (Fsp3) is 0.417. The van der Waals surface area contributed by atoms with E-state index >= 15 is 0 Å². The van der Waals surface area contributed by atoms with Crippen molar-refractivity contribution in [2.24, 2.45) is 0 Å². The van der Waals surface area contributed by atoms with Gasteiger partial charge in [0.05, 0.1) is 0 Å². The van der Waals surface area contributed by atoms with E-state index in [4.69, 9.17) is 4.74 Å². The molecule has 0 spiro atoms. The first-order valence-electron chi connectivity index (χ1n) is 5.19. The maximum Gasteiger partial charge on any atom is 0.407 e. The Morgan fingerprint density at radius 2 is 2.07 bits per heavy atom. The van der Waals surface area contributed by atoms with Crippen molar-refractivity contribution >= 4 is 6.09 Å². The van der Waals surface area contributed by atoms with E-state index in [1.165, 1.54) is 0 Å². The lowest BCUT2D eigenvalue weighted by atomic mass is 10.2. The number of rotatable bonds is 4. The van der Waals surface area contributed by atoms with E-state index in [-0.39, 0.29) is 12.1 Å². The molecule has 0 heterocycles. The standard InChI is InChI=1S/C12H17NO2/c1-3-10(2)13-12(14)15-9-11-7-5-4-6-8-11/h4-8,10H,3,9H2,1-2H3,(H,13,14)/t10-/m0/s1. The Morgan fingerprint density at radius 1 is 1.40 bits per heavy atom. The van der Waals surface area contributed by atoms with Crippen LogP contribution >= 0.6 is 0 Å². The lowest BCUT2D eigenvalue weighted by Gasteiger charge is -2.11. The molecule has 15 heavy (non-hydrogen) atoms. The molecule has 1 rings (SSSR count). The van der Waals surface area contributed by atoms with Crippen LogP contribution in [0.1, 0.15) is 25.8 Å². The molecular formula is C12H17NO2. The lowest BCUT2D eigenvalue weighted by Crippen LogP contribution is -2.32. The number of ether oxygens (including phenoxy) is 1. The van der Waals surface area contributed by atoms with E-state index in [9.17, 15) is 4.79 Å². The zero-order valence-electron chi connectivity index (χ0n) is 9.19. The summed E-state index contributed by atoms with van der Waals surface area (Å²) in [6.07, 6.45) is 0.550. The van der Waals surface area contributed by atoms with Crippen LogP contribution in [0.4, 0.5) is 4.79 Å². The van der Waals surface area contributed by atoms with Gasteiger partial charge in [-0.15, -0.1) is 0 Å². The summed E-state index contributed by atoms with van der Waals surface area (Å²) in [5, 5.41) is 2.74. The SMILES string of the molecule is CC[C@H](C)NC(=O)OCc1ccccc1. The first-order valence-corrected chi connectivity index (χ1v) is 5.19. The third-order valence-corrected chi connectivity index (χ3v) is 2.19. The summed E-state index contributed by atoms with van der Waals surface area (Å²) in [6.45, 7) is 4.29. The van der Waals surface area contributed by atoms with E-state index < -0.39 is 0 Å². The zero-order valence-corrected chi connectivity index (χ0v) is 9.19. The second-order valence-corrected chi connectivity index (χ2v) is 3.52. The Balaban J connectivity index is 2.29. The monoisotopic (exact) mass is 207 g/mol. The van der Waals surface area contributed by atoms with Gasteiger partial charge in [-0.3, -0.25) is 0 Å². The summed E-state index contributed by atoms with van der Waals surface area (Å²) < 4.78 is 5.05. The highest BCUT2D eigenvalue weighted by atomic mass is 16.5. The predicted octanol–water partition coefficient (Wildman–Crippen LogP) is 2.71. The summed E-state index contributed by atoms with van der Waals surface area (Å²) in [4.78, 5) is 11.3. The van der Waals surface area contributed by atoms with Crippen LogP contribution in [0.5, 0.6) is 0 Å². The van der Waals surface area contributed by atoms with Crippen LogP contribution < -0.4 is 5.32 Å². The Hall–Kier alpha value is -1.51. The highest BCUT2D eigenvalue weighted by Crippen LogP contribution is 2.00. The molecule has 0 aliphatic carbocycles. The van der Waals surface area contributed by atoms with Crippen molar-refractivity contribution in [2.45, 2.75) is 32.9 Å². The second-order valence-electron chi connectivity index (χ2n) is 3.52. The van der Waals surface area contributed by atoms with Gasteiger partial charge in [0.25, 0.3) is 0 Å². The molecule has 0 saturated heterocycles. The van der Waals surface area contributed by atoms with Crippen molar-refractivity contribution in [2.75, 3.05) is 0 Å². The minimum atomic E-state index is -0.354. The van der Waals surface area contributed by atoms with Gasteiger partial charge in [-0.2, -0.15) is 0 Å². The van der Waals surface area contributed by atoms with E-state index in [1.54, 1.807) is 0 Å². The first-order chi connectivity index (χ1) is 7.22. The lowest BCUT2D eigenvalue weighted by molar-refractivity contribution is 0.136. The van der Waals surface area contributed by atoms with Gasteiger partial charge in [-0.25, -0.2) is 4.79 Å². The molecule has 0 aromatic heterocycles. The molecule has 0 radical (unpaired) electrons. The van der Waals surface area contributed by atoms with Gasteiger partial charge in [-0.05, 0) is 18.9 Å². The maximum absolute atomic E-state index is 11.3. The fourth-order valence-corrected chi connectivity index (χ4v) is 1.07. The summed E-state index contributed by atoms with van der Waals surface area (Å²) in [7, 11) is 0. The number of benzene rings is 1. The van der Waals surface area contributed by atoms with Crippen LogP contribution in [0, 0.1) is 0 Å². The summed E-state index contributed by atoms with van der Waals surface area (Å²) in [6, 6.07) is 9.79. The van der Waals surface area contributed by atoms with Crippen LogP contribution in [-0.4, -0.2) is 12.1 Å². The molecule has 0 fully saturated rings. The van der Waals surface area contributed by atoms with Gasteiger partial charge in [-0.1, -0.05) is 37.3 Å². The van der Waals surface area contributed by atoms with Crippen LogP contribution in [0.3, 0.4) is 0 Å². The molecular weight excluding hydrogens is 190 g/mol. The van der Waals surface area contributed by atoms with E-state index in [2.05, 4.69) is 5.32 Å². The maximum atomic E-state index is 11.3. The van der Waals surface area contributed by atoms with Crippen molar-refractivity contribution < 1.29 is 9.53 Å². The summed E-state index contributed by atoms with van der Waals surface area (Å²) in [5.74, 6) is 0. The quantitative estimate of drug-likeness (QED) is 0.824. The zero-order chi connectivity index (χ0) is 11.1. The Morgan fingerprint density at radius 3 is 2.67 bits per heavy atom. The minimum absolute atomic E-state index is 0.160. The van der Waals surface area contributed by atoms with Gasteiger partial charge in [0, 0.05) is 6.04 Å². The molecule has 1 atom stereocenters. The second kappa shape index (κ2) is 6.06. The molecule has 82 valence electrons. The highest BCUT2D eigenvalue weighted by molar-refractivity contribution is 5.67. The number of hydrogen-bond donors (Lipinski definition) is 1. The van der Waals surface area contributed by atoms with Crippen LogP contribution in [0.25, 0.3) is 0 Å². The summed E-state index contributed by atoms with van der Waals surface area (Å²) in [5.41, 5.74) is 0.997. The Labute approximate surface area is 90.4 Å².